The molecule has 3 heterocycles. The average molecular weight is 319 g/mol. The third-order valence-corrected chi connectivity index (χ3v) is 2.93. The molecular formula is C16H13N7O. The summed E-state index contributed by atoms with van der Waals surface area (Å²) < 4.78 is 0. The summed E-state index contributed by atoms with van der Waals surface area (Å²) >= 11 is 0. The molecule has 0 saturated heterocycles. The Morgan fingerprint density at radius 1 is 1.00 bits per heavy atom. The molecule has 24 heavy (non-hydrogen) atoms. The summed E-state index contributed by atoms with van der Waals surface area (Å²) in [5.41, 5.74) is 6.95. The molecule has 0 unspecified atom stereocenters. The van der Waals surface area contributed by atoms with E-state index in [4.69, 9.17) is 5.73 Å². The van der Waals surface area contributed by atoms with Crippen molar-refractivity contribution in [2.75, 3.05) is 11.1 Å². The van der Waals surface area contributed by atoms with Crippen LogP contribution in [0.15, 0.2) is 49.1 Å². The van der Waals surface area contributed by atoms with Crippen LogP contribution in [0.5, 0.6) is 0 Å². The van der Waals surface area contributed by atoms with Crippen molar-refractivity contribution < 1.29 is 4.79 Å². The lowest BCUT2D eigenvalue weighted by atomic mass is 10.2. The number of hydrogen-bond acceptors (Lipinski definition) is 7. The summed E-state index contributed by atoms with van der Waals surface area (Å²) in [6, 6.07) is 7.01. The van der Waals surface area contributed by atoms with Crippen molar-refractivity contribution in [3.63, 3.8) is 0 Å². The quantitative estimate of drug-likeness (QED) is 0.750. The number of hydrogen-bond donors (Lipinski definition) is 2. The van der Waals surface area contributed by atoms with E-state index in [2.05, 4.69) is 30.2 Å². The van der Waals surface area contributed by atoms with E-state index in [1.54, 1.807) is 42.9 Å². The zero-order valence-electron chi connectivity index (χ0n) is 12.5. The number of nitrogen functional groups attached to an aromatic ring is 1. The molecule has 0 spiro atoms. The molecule has 3 N–H and O–H groups in total. The normalized spacial score (nSPS) is 10.7. The number of nitrogens with two attached hydrogens (primary N) is 1. The minimum Gasteiger partial charge on any atom is -0.368 e. The van der Waals surface area contributed by atoms with Gasteiger partial charge in [-0.2, -0.15) is 15.0 Å². The second-order valence-corrected chi connectivity index (χ2v) is 4.69. The summed E-state index contributed by atoms with van der Waals surface area (Å²) in [4.78, 5) is 32.1. The molecule has 0 aliphatic rings. The van der Waals surface area contributed by atoms with Crippen LogP contribution in [0.25, 0.3) is 12.2 Å². The number of amides is 1. The molecule has 118 valence electrons. The number of nitrogens with one attached hydrogen (secondary N) is 1. The van der Waals surface area contributed by atoms with Gasteiger partial charge in [0, 0.05) is 24.8 Å². The van der Waals surface area contributed by atoms with Gasteiger partial charge in [-0.1, -0.05) is 6.07 Å². The lowest BCUT2D eigenvalue weighted by molar-refractivity contribution is 0.102. The fraction of sp³-hybridized carbons (Fsp3) is 0. The van der Waals surface area contributed by atoms with Crippen molar-refractivity contribution in [3.8, 4) is 0 Å². The third-order valence-electron chi connectivity index (χ3n) is 2.93. The second-order valence-electron chi connectivity index (χ2n) is 4.69. The van der Waals surface area contributed by atoms with Crippen LogP contribution in [-0.2, 0) is 0 Å². The lowest BCUT2D eigenvalue weighted by Gasteiger charge is -2.04. The Morgan fingerprint density at radius 3 is 2.50 bits per heavy atom. The van der Waals surface area contributed by atoms with Crippen LogP contribution in [0.1, 0.15) is 21.7 Å². The van der Waals surface area contributed by atoms with Crippen LogP contribution in [-0.4, -0.2) is 30.8 Å². The fourth-order valence-corrected chi connectivity index (χ4v) is 1.86. The Labute approximate surface area is 137 Å². The van der Waals surface area contributed by atoms with Crippen molar-refractivity contribution in [1.82, 2.24) is 24.9 Å². The molecule has 0 radical (unpaired) electrons. The van der Waals surface area contributed by atoms with Gasteiger partial charge in [0.1, 0.15) is 0 Å². The Morgan fingerprint density at radius 2 is 1.79 bits per heavy atom. The molecular weight excluding hydrogens is 306 g/mol. The first-order valence-corrected chi connectivity index (χ1v) is 7.02. The molecule has 1 amide bonds. The number of carbonyl (C=O) groups excluding carboxylic acids is 1. The molecule has 3 aromatic rings. The summed E-state index contributed by atoms with van der Waals surface area (Å²) in [5.74, 6) is 0.0308. The Bertz CT molecular complexity index is 866. The van der Waals surface area contributed by atoms with Gasteiger partial charge in [0.2, 0.25) is 11.9 Å². The lowest BCUT2D eigenvalue weighted by Crippen LogP contribution is -2.16. The molecule has 3 aromatic heterocycles. The van der Waals surface area contributed by atoms with E-state index >= 15 is 0 Å². The summed E-state index contributed by atoms with van der Waals surface area (Å²) in [7, 11) is 0. The van der Waals surface area contributed by atoms with Crippen LogP contribution in [0.3, 0.4) is 0 Å². The van der Waals surface area contributed by atoms with Crippen LogP contribution in [0.2, 0.25) is 0 Å². The fourth-order valence-electron chi connectivity index (χ4n) is 1.86. The predicted octanol–water partition coefficient (Wildman–Crippen LogP) is 1.67. The number of aromatic nitrogens is 5. The smallest absolute Gasteiger partial charge is 0.259 e. The standard InChI is InChI=1S/C16H13N7O/c17-15-20-13(6-5-11-3-1-7-18-9-11)21-16(23-15)22-14(24)12-4-2-8-19-10-12/h1-10H,(H3,17,20,21,22,23,24)/b6-5+. The number of pyridine rings is 2. The Balaban J connectivity index is 1.79. The summed E-state index contributed by atoms with van der Waals surface area (Å²) in [5, 5.41) is 2.57. The Kier molecular flexibility index (Phi) is 4.47. The molecule has 8 nitrogen and oxygen atoms in total. The highest BCUT2D eigenvalue weighted by Gasteiger charge is 2.09. The summed E-state index contributed by atoms with van der Waals surface area (Å²) in [6.45, 7) is 0. The van der Waals surface area contributed by atoms with Gasteiger partial charge in [-0.25, -0.2) is 0 Å². The molecule has 8 heteroatoms. The minimum atomic E-state index is -0.379. The number of nitrogens with zero attached hydrogens (tertiary/aromatic N) is 5. The van der Waals surface area contributed by atoms with Gasteiger partial charge in [-0.15, -0.1) is 0 Å². The van der Waals surface area contributed by atoms with Gasteiger partial charge in [-0.05, 0) is 35.9 Å². The van der Waals surface area contributed by atoms with E-state index in [1.165, 1.54) is 6.20 Å². The Hall–Kier alpha value is -3.68. The SMILES string of the molecule is Nc1nc(/C=C/c2cccnc2)nc(NC(=O)c2cccnc2)n1. The zero-order chi connectivity index (χ0) is 16.8. The molecule has 0 saturated carbocycles. The van der Waals surface area contributed by atoms with E-state index in [0.29, 0.717) is 11.4 Å². The van der Waals surface area contributed by atoms with Crippen molar-refractivity contribution >= 4 is 30.0 Å². The summed E-state index contributed by atoms with van der Waals surface area (Å²) in [6.07, 6.45) is 9.86. The maximum absolute atomic E-state index is 12.1. The third kappa shape index (κ3) is 3.95. The van der Waals surface area contributed by atoms with E-state index in [-0.39, 0.29) is 17.8 Å². The van der Waals surface area contributed by atoms with Crippen molar-refractivity contribution in [1.29, 1.82) is 0 Å². The highest BCUT2D eigenvalue weighted by atomic mass is 16.1. The van der Waals surface area contributed by atoms with Gasteiger partial charge in [0.05, 0.1) is 5.56 Å². The van der Waals surface area contributed by atoms with E-state index in [1.807, 2.05) is 12.1 Å². The number of anilines is 2. The van der Waals surface area contributed by atoms with Crippen LogP contribution in [0, 0.1) is 0 Å². The van der Waals surface area contributed by atoms with Gasteiger partial charge in [0.25, 0.3) is 5.91 Å². The van der Waals surface area contributed by atoms with E-state index in [9.17, 15) is 4.79 Å². The minimum absolute atomic E-state index is 0.0114. The highest BCUT2D eigenvalue weighted by molar-refractivity contribution is 6.03. The van der Waals surface area contributed by atoms with Gasteiger partial charge >= 0.3 is 0 Å². The molecule has 3 rings (SSSR count). The van der Waals surface area contributed by atoms with Crippen molar-refractivity contribution in [2.24, 2.45) is 0 Å². The van der Waals surface area contributed by atoms with Crippen molar-refractivity contribution in [3.05, 3.63) is 66.0 Å². The first-order valence-electron chi connectivity index (χ1n) is 7.02. The van der Waals surface area contributed by atoms with Crippen LogP contribution < -0.4 is 11.1 Å². The molecule has 0 aromatic carbocycles. The van der Waals surface area contributed by atoms with Crippen LogP contribution in [0.4, 0.5) is 11.9 Å². The maximum atomic E-state index is 12.1. The largest absolute Gasteiger partial charge is 0.368 e. The maximum Gasteiger partial charge on any atom is 0.259 e. The zero-order valence-corrected chi connectivity index (χ0v) is 12.5. The highest BCUT2D eigenvalue weighted by Crippen LogP contribution is 2.08. The second kappa shape index (κ2) is 7.05. The topological polar surface area (TPSA) is 120 Å². The van der Waals surface area contributed by atoms with Gasteiger partial charge < -0.3 is 5.73 Å². The van der Waals surface area contributed by atoms with Crippen LogP contribution >= 0.6 is 0 Å². The average Bonchev–Trinajstić information content (AvgIpc) is 2.61. The van der Waals surface area contributed by atoms with Gasteiger partial charge in [-0.3, -0.25) is 20.1 Å². The molecule has 0 bridgehead atoms. The molecule has 0 aliphatic heterocycles. The monoisotopic (exact) mass is 319 g/mol. The molecule has 0 fully saturated rings. The number of carbonyl (C=O) groups is 1. The first-order chi connectivity index (χ1) is 11.7. The van der Waals surface area contributed by atoms with Gasteiger partial charge in [0.15, 0.2) is 5.82 Å². The van der Waals surface area contributed by atoms with E-state index in [0.717, 1.165) is 5.56 Å². The predicted molar refractivity (Wildman–Crippen MR) is 89.6 cm³/mol. The van der Waals surface area contributed by atoms with E-state index < -0.39 is 0 Å². The first kappa shape index (κ1) is 15.2. The van der Waals surface area contributed by atoms with Crippen molar-refractivity contribution in [2.45, 2.75) is 0 Å². The number of rotatable bonds is 4. The molecule has 0 aliphatic carbocycles. The molecule has 0 atom stereocenters.